The number of rotatable bonds is 2. The minimum atomic E-state index is 0.133. The second kappa shape index (κ2) is 6.06. The van der Waals surface area contributed by atoms with Crippen LogP contribution in [0.1, 0.15) is 0 Å². The maximum absolute atomic E-state index is 10.6. The Morgan fingerprint density at radius 1 is 0.917 bits per heavy atom. The van der Waals surface area contributed by atoms with Crippen LogP contribution < -0.4 is 0 Å². The molecule has 0 bridgehead atoms. The number of hydrogen-bond acceptors (Lipinski definition) is 4. The summed E-state index contributed by atoms with van der Waals surface area (Å²) in [6, 6.07) is 16.9. The molecule has 0 aliphatic carbocycles. The van der Waals surface area contributed by atoms with Crippen LogP contribution in [-0.2, 0) is 0 Å². The Kier molecular flexibility index (Phi) is 3.88. The van der Waals surface area contributed by atoms with Crippen molar-refractivity contribution < 1.29 is 5.11 Å². The number of aromatic hydroxyl groups is 1. The van der Waals surface area contributed by atoms with Gasteiger partial charge in [0.25, 0.3) is 0 Å². The van der Waals surface area contributed by atoms with Crippen molar-refractivity contribution in [2.45, 2.75) is 0 Å². The Labute approximate surface area is 151 Å². The van der Waals surface area contributed by atoms with Gasteiger partial charge < -0.3 is 5.11 Å². The van der Waals surface area contributed by atoms with E-state index in [9.17, 15) is 5.11 Å². The minimum absolute atomic E-state index is 0.133. The fraction of sp³-hybridized carbons (Fsp3) is 0. The molecule has 0 unspecified atom stereocenters. The summed E-state index contributed by atoms with van der Waals surface area (Å²) in [5, 5.41) is 23.2. The number of hydrogen-bond donors (Lipinski definition) is 1. The summed E-state index contributed by atoms with van der Waals surface area (Å²) >= 11 is 13.4. The van der Waals surface area contributed by atoms with Gasteiger partial charge in [0.15, 0.2) is 10.8 Å². The van der Waals surface area contributed by atoms with Gasteiger partial charge in [-0.2, -0.15) is 0 Å². The van der Waals surface area contributed by atoms with Crippen LogP contribution in [0.15, 0.2) is 64.8 Å². The molecular formula is C18H10Cl2N2OS. The highest BCUT2D eigenvalue weighted by atomic mass is 35.5. The lowest BCUT2D eigenvalue weighted by Crippen LogP contribution is -1.72. The molecule has 4 aromatic rings. The van der Waals surface area contributed by atoms with E-state index in [0.717, 1.165) is 20.9 Å². The third-order valence-corrected chi connectivity index (χ3v) is 5.28. The van der Waals surface area contributed by atoms with Crippen LogP contribution in [0.4, 0.5) is 10.7 Å². The summed E-state index contributed by atoms with van der Waals surface area (Å²) in [6.07, 6.45) is 0. The number of benzene rings is 3. The number of halogens is 2. The molecule has 0 saturated carbocycles. The average Bonchev–Trinajstić information content (AvgIpc) is 2.92. The van der Waals surface area contributed by atoms with Crippen LogP contribution in [0, 0.1) is 0 Å². The van der Waals surface area contributed by atoms with E-state index in [0.29, 0.717) is 20.7 Å². The standard InChI is InChI=1S/C18H10Cl2N2OS/c19-11-6-7-13(20)14(9-11)21-22-18-17(23)16-12-4-2-1-3-10(12)5-8-15(16)24-18/h1-9,23H. The lowest BCUT2D eigenvalue weighted by molar-refractivity contribution is 0.485. The molecule has 6 heteroatoms. The molecule has 0 aliphatic heterocycles. The molecule has 0 saturated heterocycles. The fourth-order valence-corrected chi connectivity index (χ4v) is 3.82. The Hall–Kier alpha value is -2.14. The molecule has 0 fully saturated rings. The Balaban J connectivity index is 1.86. The van der Waals surface area contributed by atoms with Crippen molar-refractivity contribution >= 4 is 66.1 Å². The third kappa shape index (κ3) is 2.63. The Bertz CT molecular complexity index is 1110. The van der Waals surface area contributed by atoms with Gasteiger partial charge in [0.1, 0.15) is 5.69 Å². The zero-order valence-electron chi connectivity index (χ0n) is 12.2. The predicted molar refractivity (Wildman–Crippen MR) is 102 cm³/mol. The first kappa shape index (κ1) is 15.4. The summed E-state index contributed by atoms with van der Waals surface area (Å²) in [6.45, 7) is 0. The highest BCUT2D eigenvalue weighted by Gasteiger charge is 2.14. The van der Waals surface area contributed by atoms with E-state index in [1.54, 1.807) is 18.2 Å². The van der Waals surface area contributed by atoms with E-state index in [4.69, 9.17) is 23.2 Å². The van der Waals surface area contributed by atoms with Gasteiger partial charge in [-0.3, -0.25) is 0 Å². The van der Waals surface area contributed by atoms with Crippen LogP contribution in [0.2, 0.25) is 10.0 Å². The van der Waals surface area contributed by atoms with E-state index in [1.807, 2.05) is 36.4 Å². The van der Waals surface area contributed by atoms with Gasteiger partial charge in [-0.15, -0.1) is 21.6 Å². The Morgan fingerprint density at radius 3 is 2.62 bits per heavy atom. The topological polar surface area (TPSA) is 45.0 Å². The van der Waals surface area contributed by atoms with Crippen LogP contribution in [-0.4, -0.2) is 5.11 Å². The van der Waals surface area contributed by atoms with Crippen molar-refractivity contribution in [3.05, 3.63) is 64.6 Å². The van der Waals surface area contributed by atoms with Crippen LogP contribution in [0.3, 0.4) is 0 Å². The molecule has 1 N–H and O–H groups in total. The second-order valence-electron chi connectivity index (χ2n) is 5.21. The van der Waals surface area contributed by atoms with Gasteiger partial charge >= 0.3 is 0 Å². The summed E-state index contributed by atoms with van der Waals surface area (Å²) in [4.78, 5) is 0. The summed E-state index contributed by atoms with van der Waals surface area (Å²) in [5.41, 5.74) is 0.464. The van der Waals surface area contributed by atoms with Crippen molar-refractivity contribution in [1.82, 2.24) is 0 Å². The fourth-order valence-electron chi connectivity index (χ4n) is 2.57. The van der Waals surface area contributed by atoms with E-state index < -0.39 is 0 Å². The molecule has 24 heavy (non-hydrogen) atoms. The normalized spacial score (nSPS) is 11.8. The molecule has 3 nitrogen and oxygen atoms in total. The predicted octanol–water partition coefficient (Wildman–Crippen LogP) is 7.48. The largest absolute Gasteiger partial charge is 0.504 e. The third-order valence-electron chi connectivity index (χ3n) is 3.69. The number of thiophene rings is 1. The number of azo groups is 1. The highest BCUT2D eigenvalue weighted by molar-refractivity contribution is 7.23. The molecule has 1 aromatic heterocycles. The molecule has 0 aliphatic rings. The van der Waals surface area contributed by atoms with Crippen LogP contribution >= 0.6 is 34.5 Å². The number of fused-ring (bicyclic) bond motifs is 3. The second-order valence-corrected chi connectivity index (χ2v) is 7.09. The minimum Gasteiger partial charge on any atom is -0.504 e. The first-order valence-electron chi connectivity index (χ1n) is 7.13. The lowest BCUT2D eigenvalue weighted by Gasteiger charge is -1.99. The molecule has 1 heterocycles. The maximum Gasteiger partial charge on any atom is 0.181 e. The molecule has 0 radical (unpaired) electrons. The van der Waals surface area contributed by atoms with E-state index in [2.05, 4.69) is 10.2 Å². The maximum atomic E-state index is 10.6. The van der Waals surface area contributed by atoms with Crippen molar-refractivity contribution in [3.63, 3.8) is 0 Å². The van der Waals surface area contributed by atoms with Gasteiger partial charge in [0.2, 0.25) is 0 Å². The monoisotopic (exact) mass is 372 g/mol. The summed E-state index contributed by atoms with van der Waals surface area (Å²) < 4.78 is 0.956. The van der Waals surface area contributed by atoms with Gasteiger partial charge in [-0.05, 0) is 35.0 Å². The zero-order valence-corrected chi connectivity index (χ0v) is 14.5. The van der Waals surface area contributed by atoms with Crippen LogP contribution in [0.25, 0.3) is 20.9 Å². The first-order valence-corrected chi connectivity index (χ1v) is 8.71. The Morgan fingerprint density at radius 2 is 1.75 bits per heavy atom. The van der Waals surface area contributed by atoms with Crippen molar-refractivity contribution in [3.8, 4) is 5.75 Å². The molecule has 3 aromatic carbocycles. The van der Waals surface area contributed by atoms with Crippen molar-refractivity contribution in [2.24, 2.45) is 10.2 Å². The molecule has 118 valence electrons. The van der Waals surface area contributed by atoms with Crippen LogP contribution in [0.5, 0.6) is 5.75 Å². The molecule has 0 amide bonds. The smallest absolute Gasteiger partial charge is 0.181 e. The van der Waals surface area contributed by atoms with Gasteiger partial charge in [0, 0.05) is 15.1 Å². The van der Waals surface area contributed by atoms with Gasteiger partial charge in [-0.1, -0.05) is 53.5 Å². The zero-order chi connectivity index (χ0) is 16.7. The van der Waals surface area contributed by atoms with E-state index >= 15 is 0 Å². The molecule has 0 spiro atoms. The lowest BCUT2D eigenvalue weighted by atomic mass is 10.1. The van der Waals surface area contributed by atoms with E-state index in [-0.39, 0.29) is 5.75 Å². The van der Waals surface area contributed by atoms with Crippen molar-refractivity contribution in [2.75, 3.05) is 0 Å². The van der Waals surface area contributed by atoms with E-state index in [1.165, 1.54) is 11.3 Å². The molecular weight excluding hydrogens is 363 g/mol. The number of nitrogens with zero attached hydrogens (tertiary/aromatic N) is 2. The highest BCUT2D eigenvalue weighted by Crippen LogP contribution is 2.47. The molecule has 0 atom stereocenters. The van der Waals surface area contributed by atoms with Gasteiger partial charge in [-0.25, -0.2) is 0 Å². The van der Waals surface area contributed by atoms with Crippen molar-refractivity contribution in [1.29, 1.82) is 0 Å². The summed E-state index contributed by atoms with van der Waals surface area (Å²) in [7, 11) is 0. The average molecular weight is 373 g/mol. The first-order chi connectivity index (χ1) is 11.6. The quantitative estimate of drug-likeness (QED) is 0.364. The summed E-state index contributed by atoms with van der Waals surface area (Å²) in [5.74, 6) is 0.133. The molecule has 4 rings (SSSR count). The SMILES string of the molecule is Oc1c(N=Nc2cc(Cl)ccc2Cl)sc2ccc3ccccc3c12. The van der Waals surface area contributed by atoms with Gasteiger partial charge in [0.05, 0.1) is 5.02 Å².